The summed E-state index contributed by atoms with van der Waals surface area (Å²) in [6, 6.07) is 16.2. The van der Waals surface area contributed by atoms with Crippen LogP contribution in [0.15, 0.2) is 48.5 Å². The second kappa shape index (κ2) is 8.97. The first-order valence-corrected chi connectivity index (χ1v) is 10.7. The van der Waals surface area contributed by atoms with Crippen LogP contribution in [0.2, 0.25) is 5.02 Å². The molecule has 4 nitrogen and oxygen atoms in total. The highest BCUT2D eigenvalue weighted by atomic mass is 35.5. The predicted molar refractivity (Wildman–Crippen MR) is 115 cm³/mol. The van der Waals surface area contributed by atoms with E-state index in [0.717, 1.165) is 74.9 Å². The first-order valence-electron chi connectivity index (χ1n) is 10.3. The molecule has 2 aromatic rings. The van der Waals surface area contributed by atoms with E-state index in [9.17, 15) is 4.79 Å². The second-order valence-electron chi connectivity index (χ2n) is 7.77. The average Bonchev–Trinajstić information content (AvgIpc) is 2.75. The lowest BCUT2D eigenvalue weighted by atomic mass is 10.1. The fraction of sp³-hybridized carbons (Fsp3) is 0.435. The lowest BCUT2D eigenvalue weighted by Crippen LogP contribution is -2.46. The smallest absolute Gasteiger partial charge is 0.253 e. The number of benzene rings is 2. The zero-order valence-electron chi connectivity index (χ0n) is 16.3. The zero-order chi connectivity index (χ0) is 19.3. The van der Waals surface area contributed by atoms with Gasteiger partial charge < -0.3 is 9.80 Å². The van der Waals surface area contributed by atoms with Crippen molar-refractivity contribution in [1.29, 1.82) is 0 Å². The topological polar surface area (TPSA) is 26.8 Å². The van der Waals surface area contributed by atoms with Gasteiger partial charge in [-0.2, -0.15) is 0 Å². The molecule has 4 rings (SSSR count). The Balaban J connectivity index is 1.35. The Morgan fingerprint density at radius 1 is 0.857 bits per heavy atom. The van der Waals surface area contributed by atoms with Crippen LogP contribution >= 0.6 is 11.6 Å². The van der Waals surface area contributed by atoms with E-state index in [1.165, 1.54) is 12.0 Å². The molecule has 28 heavy (non-hydrogen) atoms. The number of halogens is 1. The second-order valence-corrected chi connectivity index (χ2v) is 8.18. The van der Waals surface area contributed by atoms with Crippen molar-refractivity contribution in [2.24, 2.45) is 0 Å². The predicted octanol–water partition coefficient (Wildman–Crippen LogP) is 4.29. The molecule has 2 saturated heterocycles. The van der Waals surface area contributed by atoms with E-state index >= 15 is 0 Å². The Morgan fingerprint density at radius 3 is 2.36 bits per heavy atom. The molecule has 148 valence electrons. The number of amides is 1. The summed E-state index contributed by atoms with van der Waals surface area (Å²) in [6.07, 6.45) is 3.49. The van der Waals surface area contributed by atoms with Crippen LogP contribution < -0.4 is 4.90 Å². The van der Waals surface area contributed by atoms with Gasteiger partial charge >= 0.3 is 0 Å². The Hall–Kier alpha value is -2.04. The summed E-state index contributed by atoms with van der Waals surface area (Å²) in [4.78, 5) is 19.6. The molecule has 0 saturated carbocycles. The van der Waals surface area contributed by atoms with Crippen LogP contribution in [0, 0.1) is 0 Å². The lowest BCUT2D eigenvalue weighted by Gasteiger charge is -2.36. The molecule has 0 unspecified atom stereocenters. The third-order valence-corrected chi connectivity index (χ3v) is 6.11. The van der Waals surface area contributed by atoms with E-state index in [2.05, 4.69) is 28.0 Å². The van der Waals surface area contributed by atoms with Gasteiger partial charge in [0.1, 0.15) is 0 Å². The van der Waals surface area contributed by atoms with Crippen LogP contribution in [-0.4, -0.2) is 55.0 Å². The lowest BCUT2D eigenvalue weighted by molar-refractivity contribution is 0.0724. The first kappa shape index (κ1) is 19.3. The van der Waals surface area contributed by atoms with Gasteiger partial charge in [-0.25, -0.2) is 0 Å². The fourth-order valence-electron chi connectivity index (χ4n) is 4.20. The molecule has 2 aliphatic heterocycles. The normalized spacial score (nSPS) is 18.3. The van der Waals surface area contributed by atoms with E-state index in [4.69, 9.17) is 11.6 Å². The monoisotopic (exact) mass is 397 g/mol. The molecule has 1 amide bonds. The number of carbonyl (C=O) groups excluding carboxylic acids is 1. The van der Waals surface area contributed by atoms with Gasteiger partial charge in [0, 0.05) is 51.4 Å². The maximum atomic E-state index is 12.8. The number of rotatable bonds is 4. The highest BCUT2D eigenvalue weighted by Crippen LogP contribution is 2.26. The molecule has 2 aliphatic rings. The van der Waals surface area contributed by atoms with Crippen molar-refractivity contribution in [2.75, 3.05) is 44.2 Å². The maximum absolute atomic E-state index is 12.8. The number of nitrogens with zero attached hydrogens (tertiary/aromatic N) is 3. The molecule has 2 fully saturated rings. The molecule has 2 aromatic carbocycles. The van der Waals surface area contributed by atoms with E-state index in [0.29, 0.717) is 0 Å². The van der Waals surface area contributed by atoms with E-state index in [1.54, 1.807) is 0 Å². The van der Waals surface area contributed by atoms with Crippen LogP contribution in [0.1, 0.15) is 35.2 Å². The summed E-state index contributed by atoms with van der Waals surface area (Å²) in [5.74, 6) is 0.185. The molecule has 0 N–H and O–H groups in total. The molecule has 5 heteroatoms. The summed E-state index contributed by atoms with van der Waals surface area (Å²) < 4.78 is 0. The van der Waals surface area contributed by atoms with Gasteiger partial charge in [0.2, 0.25) is 0 Å². The van der Waals surface area contributed by atoms with Crippen molar-refractivity contribution in [1.82, 2.24) is 9.80 Å². The summed E-state index contributed by atoms with van der Waals surface area (Å²) >= 11 is 6.34. The quantitative estimate of drug-likeness (QED) is 0.770. The molecular formula is C23H28ClN3O. The van der Waals surface area contributed by atoms with Gasteiger partial charge in [-0.05, 0) is 49.1 Å². The van der Waals surface area contributed by atoms with Crippen LogP contribution in [0.3, 0.4) is 0 Å². The number of carbonyl (C=O) groups is 1. The maximum Gasteiger partial charge on any atom is 0.253 e. The van der Waals surface area contributed by atoms with E-state index < -0.39 is 0 Å². The minimum absolute atomic E-state index is 0.185. The SMILES string of the molecule is O=C(c1cccc(CN2CCN(c3ccccc3Cl)CC2)c1)N1CCCCC1. The molecule has 0 aliphatic carbocycles. The van der Waals surface area contributed by atoms with Crippen LogP contribution in [-0.2, 0) is 6.54 Å². The zero-order valence-corrected chi connectivity index (χ0v) is 17.1. The average molecular weight is 398 g/mol. The van der Waals surface area contributed by atoms with Gasteiger partial charge in [-0.15, -0.1) is 0 Å². The summed E-state index contributed by atoms with van der Waals surface area (Å²) in [7, 11) is 0. The third-order valence-electron chi connectivity index (χ3n) is 5.79. The fourth-order valence-corrected chi connectivity index (χ4v) is 4.45. The van der Waals surface area contributed by atoms with E-state index in [1.807, 2.05) is 35.2 Å². The Bertz CT molecular complexity index is 811. The summed E-state index contributed by atoms with van der Waals surface area (Å²) in [5, 5.41) is 0.819. The minimum atomic E-state index is 0.185. The van der Waals surface area contributed by atoms with Crippen molar-refractivity contribution in [3.05, 3.63) is 64.7 Å². The molecule has 0 spiro atoms. The van der Waals surface area contributed by atoms with Gasteiger partial charge in [-0.3, -0.25) is 9.69 Å². The Morgan fingerprint density at radius 2 is 1.61 bits per heavy atom. The van der Waals surface area contributed by atoms with Crippen molar-refractivity contribution >= 4 is 23.2 Å². The van der Waals surface area contributed by atoms with Crippen molar-refractivity contribution < 1.29 is 4.79 Å². The summed E-state index contributed by atoms with van der Waals surface area (Å²) in [6.45, 7) is 6.61. The van der Waals surface area contributed by atoms with Gasteiger partial charge in [-0.1, -0.05) is 35.9 Å². The number of hydrogen-bond donors (Lipinski definition) is 0. The van der Waals surface area contributed by atoms with Crippen LogP contribution in [0.25, 0.3) is 0 Å². The highest BCUT2D eigenvalue weighted by Gasteiger charge is 2.21. The van der Waals surface area contributed by atoms with Gasteiger partial charge in [0.25, 0.3) is 5.91 Å². The number of piperidine rings is 1. The standard InChI is InChI=1S/C23H28ClN3O/c24-21-9-2-3-10-22(21)26-15-13-25(14-16-26)18-19-7-6-8-20(17-19)23(28)27-11-4-1-5-12-27/h2-3,6-10,17H,1,4-5,11-16,18H2. The van der Waals surface area contributed by atoms with Crippen LogP contribution in [0.5, 0.6) is 0 Å². The minimum Gasteiger partial charge on any atom is -0.368 e. The van der Waals surface area contributed by atoms with E-state index in [-0.39, 0.29) is 5.91 Å². The molecule has 0 aromatic heterocycles. The molecule has 0 atom stereocenters. The molecule has 0 radical (unpaired) electrons. The molecular weight excluding hydrogens is 370 g/mol. The van der Waals surface area contributed by atoms with Crippen molar-refractivity contribution in [2.45, 2.75) is 25.8 Å². The number of anilines is 1. The number of piperazine rings is 1. The Kier molecular flexibility index (Phi) is 6.18. The van der Waals surface area contributed by atoms with Gasteiger partial charge in [0.05, 0.1) is 10.7 Å². The highest BCUT2D eigenvalue weighted by molar-refractivity contribution is 6.33. The number of para-hydroxylation sites is 1. The molecule has 0 bridgehead atoms. The first-order chi connectivity index (χ1) is 13.7. The molecule has 2 heterocycles. The van der Waals surface area contributed by atoms with Crippen LogP contribution in [0.4, 0.5) is 5.69 Å². The summed E-state index contributed by atoms with van der Waals surface area (Å²) in [5.41, 5.74) is 3.17. The third kappa shape index (κ3) is 4.50. The number of hydrogen-bond acceptors (Lipinski definition) is 3. The van der Waals surface area contributed by atoms with Crippen molar-refractivity contribution in [3.8, 4) is 0 Å². The largest absolute Gasteiger partial charge is 0.368 e. The van der Waals surface area contributed by atoms with Crippen molar-refractivity contribution in [3.63, 3.8) is 0 Å². The van der Waals surface area contributed by atoms with Gasteiger partial charge in [0.15, 0.2) is 0 Å². The number of likely N-dealkylation sites (tertiary alicyclic amines) is 1. The Labute approximate surface area is 172 Å².